The zero-order valence-electron chi connectivity index (χ0n) is 24.5. The highest BCUT2D eigenvalue weighted by Crippen LogP contribution is 2.43. The molecule has 8 rings (SSSR count). The average Bonchev–Trinajstić information content (AvgIpc) is 3.60. The van der Waals surface area contributed by atoms with Crippen molar-refractivity contribution in [1.82, 2.24) is 29.7 Å². The van der Waals surface area contributed by atoms with Crippen LogP contribution in [0.2, 0.25) is 0 Å². The minimum Gasteiger partial charge on any atom is -0.380 e. The Morgan fingerprint density at radius 2 is 1.00 bits per heavy atom. The normalized spacial score (nSPS) is 23.2. The molecule has 4 fully saturated rings. The Morgan fingerprint density at radius 1 is 0.636 bits per heavy atom. The number of hydrogen-bond acceptors (Lipinski definition) is 6. The molecule has 0 spiro atoms. The number of H-pyrrole nitrogens is 2. The third-order valence-electron chi connectivity index (χ3n) is 9.82. The highest BCUT2D eigenvalue weighted by molar-refractivity contribution is 5.89. The van der Waals surface area contributed by atoms with Gasteiger partial charge in [0, 0.05) is 13.1 Å². The van der Waals surface area contributed by atoms with E-state index in [0.29, 0.717) is 38.8 Å². The van der Waals surface area contributed by atoms with Gasteiger partial charge in [-0.2, -0.15) is 0 Å². The molecule has 2 amide bonds. The summed E-state index contributed by atoms with van der Waals surface area (Å²) in [4.78, 5) is 45.2. The van der Waals surface area contributed by atoms with Gasteiger partial charge in [0.25, 0.3) is 11.8 Å². The van der Waals surface area contributed by atoms with Crippen LogP contribution in [-0.4, -0.2) is 76.1 Å². The fraction of sp³-hybridized carbons (Fsp3) is 0.412. The second-order valence-electron chi connectivity index (χ2n) is 12.9. The van der Waals surface area contributed by atoms with Crippen molar-refractivity contribution in [2.24, 2.45) is 0 Å². The number of amides is 2. The number of carbonyl (C=O) groups is 2. The lowest BCUT2D eigenvalue weighted by atomic mass is 10.0. The lowest BCUT2D eigenvalue weighted by Gasteiger charge is -2.25. The van der Waals surface area contributed by atoms with Gasteiger partial charge in [-0.3, -0.25) is 9.59 Å². The molecule has 226 valence electrons. The number of hydrogen-bond donors (Lipinski definition) is 4. The van der Waals surface area contributed by atoms with Gasteiger partial charge in [0.1, 0.15) is 22.9 Å². The van der Waals surface area contributed by atoms with Crippen LogP contribution in [-0.2, 0) is 9.59 Å². The summed E-state index contributed by atoms with van der Waals surface area (Å²) in [5.41, 5.74) is 3.69. The molecule has 2 aromatic carbocycles. The van der Waals surface area contributed by atoms with Crippen LogP contribution in [0.1, 0.15) is 75.1 Å². The molecule has 0 bridgehead atoms. The number of likely N-dealkylation sites (tertiary alicyclic amines) is 2. The van der Waals surface area contributed by atoms with Crippen LogP contribution in [0.5, 0.6) is 0 Å². The molecule has 2 atom stereocenters. The third-order valence-corrected chi connectivity index (χ3v) is 9.82. The molecule has 2 unspecified atom stereocenters. The molecule has 4 aromatic rings. The Hall–Kier alpha value is -4.28. The second kappa shape index (κ2) is 10.1. The summed E-state index contributed by atoms with van der Waals surface area (Å²) in [5.74, 6) is 1.21. The number of nitrogens with one attached hydrogen (secondary N) is 2. The van der Waals surface area contributed by atoms with Crippen molar-refractivity contribution in [3.8, 4) is 33.6 Å². The SMILES string of the molecule is O=C(N1CCCC1c1ncc(-c2ccc(-c3ccc(-c4cnc(C5CCCN5C(=O)C5(O)CC5)[nH]4)cc3)cc2)[nH]1)C1(O)CC1. The number of nitrogens with zero attached hydrogens (tertiary/aromatic N) is 4. The number of benzene rings is 2. The lowest BCUT2D eigenvalue weighted by Crippen LogP contribution is -2.40. The Morgan fingerprint density at radius 3 is 1.36 bits per heavy atom. The average molecular weight is 593 g/mol. The summed E-state index contributed by atoms with van der Waals surface area (Å²) in [7, 11) is 0. The van der Waals surface area contributed by atoms with Gasteiger partial charge in [-0.15, -0.1) is 0 Å². The van der Waals surface area contributed by atoms with Crippen LogP contribution in [0.25, 0.3) is 33.6 Å². The Bertz CT molecular complexity index is 1590. The molecule has 10 heteroatoms. The predicted octanol–water partition coefficient (Wildman–Crippen LogP) is 4.51. The van der Waals surface area contributed by atoms with E-state index < -0.39 is 11.2 Å². The van der Waals surface area contributed by atoms with Gasteiger partial charge >= 0.3 is 0 Å². The largest absolute Gasteiger partial charge is 0.380 e. The molecule has 4 aliphatic rings. The number of carbonyl (C=O) groups excluding carboxylic acids is 2. The first-order chi connectivity index (χ1) is 21.3. The van der Waals surface area contributed by atoms with Crippen molar-refractivity contribution < 1.29 is 19.8 Å². The third kappa shape index (κ3) is 4.73. The highest BCUT2D eigenvalue weighted by Gasteiger charge is 2.53. The quantitative estimate of drug-likeness (QED) is 0.249. The first-order valence-electron chi connectivity index (χ1n) is 15.7. The number of imidazole rings is 2. The molecule has 44 heavy (non-hydrogen) atoms. The van der Waals surface area contributed by atoms with Crippen molar-refractivity contribution in [2.45, 2.75) is 74.7 Å². The summed E-state index contributed by atoms with van der Waals surface area (Å²) in [6.07, 6.45) is 9.32. The van der Waals surface area contributed by atoms with E-state index in [1.165, 1.54) is 0 Å². The number of aromatic amines is 2. The maximum atomic E-state index is 12.8. The van der Waals surface area contributed by atoms with Crippen molar-refractivity contribution in [3.05, 3.63) is 72.6 Å². The maximum Gasteiger partial charge on any atom is 0.255 e. The van der Waals surface area contributed by atoms with Crippen molar-refractivity contribution in [2.75, 3.05) is 13.1 Å². The van der Waals surface area contributed by atoms with Crippen LogP contribution in [0.4, 0.5) is 0 Å². The standard InChI is InChI=1S/C34H36N6O4/c41-31(33(43)13-14-33)39-17-1-3-27(39)29-35-19-25(37-29)23-9-5-21(6-10-23)22-7-11-24(12-8-22)26-20-36-30(38-26)28-4-2-18-40(28)32(42)34(44)15-16-34/h5-12,19-20,27-28,43-44H,1-4,13-18H2,(H,35,37)(H,36,38). The smallest absolute Gasteiger partial charge is 0.255 e. The minimum absolute atomic E-state index is 0.125. The summed E-state index contributed by atoms with van der Waals surface area (Å²) < 4.78 is 0. The van der Waals surface area contributed by atoms with Crippen molar-refractivity contribution in [1.29, 1.82) is 0 Å². The lowest BCUT2D eigenvalue weighted by molar-refractivity contribution is -0.144. The van der Waals surface area contributed by atoms with E-state index in [1.807, 2.05) is 12.4 Å². The number of aromatic nitrogens is 4. The minimum atomic E-state index is -1.16. The molecular weight excluding hydrogens is 556 g/mol. The highest BCUT2D eigenvalue weighted by atomic mass is 16.3. The van der Waals surface area contributed by atoms with E-state index in [9.17, 15) is 19.8 Å². The second-order valence-corrected chi connectivity index (χ2v) is 12.9. The van der Waals surface area contributed by atoms with E-state index in [-0.39, 0.29) is 23.9 Å². The predicted molar refractivity (Wildman–Crippen MR) is 163 cm³/mol. The van der Waals surface area contributed by atoms with Gasteiger partial charge in [0.2, 0.25) is 0 Å². The van der Waals surface area contributed by atoms with Crippen LogP contribution >= 0.6 is 0 Å². The molecule has 4 heterocycles. The molecule has 2 aliphatic carbocycles. The van der Waals surface area contributed by atoms with E-state index in [0.717, 1.165) is 71.0 Å². The Kier molecular flexibility index (Phi) is 6.29. The first kappa shape index (κ1) is 27.3. The zero-order chi connectivity index (χ0) is 30.1. The van der Waals surface area contributed by atoms with Crippen LogP contribution in [0, 0.1) is 0 Å². The van der Waals surface area contributed by atoms with E-state index in [4.69, 9.17) is 0 Å². The summed E-state index contributed by atoms with van der Waals surface area (Å²) in [6, 6.07) is 16.4. The molecule has 2 saturated carbocycles. The Labute approximate surface area is 255 Å². The van der Waals surface area contributed by atoms with E-state index >= 15 is 0 Å². The van der Waals surface area contributed by atoms with Gasteiger partial charge in [0.15, 0.2) is 0 Å². The van der Waals surface area contributed by atoms with Gasteiger partial charge in [0.05, 0.1) is 35.9 Å². The van der Waals surface area contributed by atoms with Gasteiger partial charge < -0.3 is 30.0 Å². The summed E-state index contributed by atoms with van der Waals surface area (Å²) in [6.45, 7) is 1.31. The van der Waals surface area contributed by atoms with E-state index in [2.05, 4.69) is 68.5 Å². The topological polar surface area (TPSA) is 138 Å². The molecule has 4 N–H and O–H groups in total. The number of rotatable bonds is 7. The van der Waals surface area contributed by atoms with Crippen LogP contribution in [0.3, 0.4) is 0 Å². The molecule has 10 nitrogen and oxygen atoms in total. The van der Waals surface area contributed by atoms with Gasteiger partial charge in [-0.1, -0.05) is 48.5 Å². The molecule has 2 saturated heterocycles. The van der Waals surface area contributed by atoms with Crippen LogP contribution < -0.4 is 0 Å². The van der Waals surface area contributed by atoms with E-state index in [1.54, 1.807) is 9.80 Å². The maximum absolute atomic E-state index is 12.8. The monoisotopic (exact) mass is 592 g/mol. The van der Waals surface area contributed by atoms with Crippen molar-refractivity contribution in [3.63, 3.8) is 0 Å². The van der Waals surface area contributed by atoms with Crippen LogP contribution in [0.15, 0.2) is 60.9 Å². The Balaban J connectivity index is 0.944. The molecule has 2 aliphatic heterocycles. The molecular formula is C34H36N6O4. The fourth-order valence-electron chi connectivity index (χ4n) is 6.78. The fourth-order valence-corrected chi connectivity index (χ4v) is 6.78. The van der Waals surface area contributed by atoms with Gasteiger partial charge in [-0.05, 0) is 73.6 Å². The summed E-state index contributed by atoms with van der Waals surface area (Å²) >= 11 is 0. The number of aliphatic hydroxyl groups is 2. The molecule has 2 aromatic heterocycles. The van der Waals surface area contributed by atoms with Gasteiger partial charge in [-0.25, -0.2) is 9.97 Å². The first-order valence-corrected chi connectivity index (χ1v) is 15.7. The summed E-state index contributed by atoms with van der Waals surface area (Å²) in [5, 5.41) is 20.7. The van der Waals surface area contributed by atoms with Crippen molar-refractivity contribution >= 4 is 11.8 Å². The zero-order valence-corrected chi connectivity index (χ0v) is 24.5. The molecule has 0 radical (unpaired) electrons.